The molecule has 108 valence electrons. The molecule has 0 radical (unpaired) electrons. The fourth-order valence-corrected chi connectivity index (χ4v) is 3.05. The summed E-state index contributed by atoms with van der Waals surface area (Å²) in [5, 5.41) is 7.65. The molecule has 1 heterocycles. The minimum absolute atomic E-state index is 0.245. The van der Waals surface area contributed by atoms with Gasteiger partial charge in [-0.1, -0.05) is 19.0 Å². The second kappa shape index (κ2) is 5.63. The smallest absolute Gasteiger partial charge is 0.138 e. The molecule has 4 nitrogen and oxygen atoms in total. The lowest BCUT2D eigenvalue weighted by Gasteiger charge is -2.53. The van der Waals surface area contributed by atoms with E-state index in [4.69, 9.17) is 9.26 Å². The van der Waals surface area contributed by atoms with Gasteiger partial charge in [0.2, 0.25) is 0 Å². The molecule has 0 aromatic carbocycles. The molecule has 0 spiro atoms. The van der Waals surface area contributed by atoms with Gasteiger partial charge in [-0.15, -0.1) is 0 Å². The lowest BCUT2D eigenvalue weighted by molar-refractivity contribution is -0.126. The van der Waals surface area contributed by atoms with Crippen molar-refractivity contribution in [1.29, 1.82) is 0 Å². The molecule has 0 saturated heterocycles. The molecule has 1 saturated carbocycles. The first-order valence-electron chi connectivity index (χ1n) is 7.29. The molecule has 0 aliphatic heterocycles. The summed E-state index contributed by atoms with van der Waals surface area (Å²) in [5.41, 5.74) is 2.43. The SMILES string of the molecule is CCOC1CC(NCc2c(C)noc2C)C1(C)CC. The van der Waals surface area contributed by atoms with E-state index in [1.165, 1.54) is 5.56 Å². The molecule has 3 unspecified atom stereocenters. The third-order valence-electron chi connectivity index (χ3n) is 4.82. The van der Waals surface area contributed by atoms with Crippen molar-refractivity contribution in [2.24, 2.45) is 5.41 Å². The second-order valence-electron chi connectivity index (χ2n) is 5.78. The number of aromatic nitrogens is 1. The van der Waals surface area contributed by atoms with E-state index in [-0.39, 0.29) is 5.41 Å². The zero-order valence-corrected chi connectivity index (χ0v) is 12.7. The molecule has 1 fully saturated rings. The molecule has 0 amide bonds. The highest BCUT2D eigenvalue weighted by Crippen LogP contribution is 2.46. The van der Waals surface area contributed by atoms with E-state index < -0.39 is 0 Å². The van der Waals surface area contributed by atoms with Crippen LogP contribution in [0.25, 0.3) is 0 Å². The second-order valence-corrected chi connectivity index (χ2v) is 5.78. The maximum atomic E-state index is 5.83. The van der Waals surface area contributed by atoms with Crippen LogP contribution >= 0.6 is 0 Å². The highest BCUT2D eigenvalue weighted by atomic mass is 16.5. The third-order valence-corrected chi connectivity index (χ3v) is 4.82. The van der Waals surface area contributed by atoms with Crippen molar-refractivity contribution in [3.05, 3.63) is 17.0 Å². The van der Waals surface area contributed by atoms with Crippen molar-refractivity contribution in [3.63, 3.8) is 0 Å². The van der Waals surface area contributed by atoms with Crippen LogP contribution in [0, 0.1) is 19.3 Å². The number of nitrogens with zero attached hydrogens (tertiary/aromatic N) is 1. The fraction of sp³-hybridized carbons (Fsp3) is 0.800. The molecule has 1 aliphatic carbocycles. The molecule has 1 aromatic rings. The Balaban J connectivity index is 1.94. The van der Waals surface area contributed by atoms with E-state index in [1.807, 2.05) is 13.8 Å². The number of hydrogen-bond donors (Lipinski definition) is 1. The first kappa shape index (κ1) is 14.5. The van der Waals surface area contributed by atoms with Gasteiger partial charge in [0.05, 0.1) is 11.8 Å². The average molecular weight is 266 g/mol. The summed E-state index contributed by atoms with van der Waals surface area (Å²) in [7, 11) is 0. The zero-order valence-electron chi connectivity index (χ0n) is 12.7. The van der Waals surface area contributed by atoms with E-state index in [1.54, 1.807) is 0 Å². The largest absolute Gasteiger partial charge is 0.378 e. The van der Waals surface area contributed by atoms with E-state index in [2.05, 4.69) is 31.2 Å². The molecule has 2 rings (SSSR count). The topological polar surface area (TPSA) is 47.3 Å². The fourth-order valence-electron chi connectivity index (χ4n) is 3.05. The van der Waals surface area contributed by atoms with Crippen LogP contribution in [0.15, 0.2) is 4.52 Å². The van der Waals surface area contributed by atoms with Gasteiger partial charge in [0.25, 0.3) is 0 Å². The van der Waals surface area contributed by atoms with Crippen LogP contribution in [0.2, 0.25) is 0 Å². The third kappa shape index (κ3) is 2.56. The van der Waals surface area contributed by atoms with Gasteiger partial charge in [-0.25, -0.2) is 0 Å². The van der Waals surface area contributed by atoms with Gasteiger partial charge in [0.15, 0.2) is 0 Å². The van der Waals surface area contributed by atoms with Crippen molar-refractivity contribution < 1.29 is 9.26 Å². The van der Waals surface area contributed by atoms with Crippen LogP contribution in [0.5, 0.6) is 0 Å². The quantitative estimate of drug-likeness (QED) is 0.860. The van der Waals surface area contributed by atoms with E-state index >= 15 is 0 Å². The molecule has 3 atom stereocenters. The van der Waals surface area contributed by atoms with E-state index in [0.29, 0.717) is 12.1 Å². The Morgan fingerprint density at radius 3 is 2.68 bits per heavy atom. The average Bonchev–Trinajstić information content (AvgIpc) is 2.72. The number of aryl methyl sites for hydroxylation is 2. The molecular formula is C15H26N2O2. The summed E-state index contributed by atoms with van der Waals surface area (Å²) in [4.78, 5) is 0. The van der Waals surface area contributed by atoms with Crippen molar-refractivity contribution in [3.8, 4) is 0 Å². The lowest BCUT2D eigenvalue weighted by Crippen LogP contribution is -2.62. The van der Waals surface area contributed by atoms with Gasteiger partial charge >= 0.3 is 0 Å². The molecule has 4 heteroatoms. The first-order chi connectivity index (χ1) is 9.02. The standard InChI is InChI=1S/C15H26N2O2/c1-6-15(5)13(8-14(15)18-7-2)16-9-12-10(3)17-19-11(12)4/h13-14,16H,6-9H2,1-5H3. The van der Waals surface area contributed by atoms with Gasteiger partial charge in [-0.05, 0) is 33.6 Å². The number of hydrogen-bond acceptors (Lipinski definition) is 4. The van der Waals surface area contributed by atoms with Crippen LogP contribution in [0.4, 0.5) is 0 Å². The molecular weight excluding hydrogens is 240 g/mol. The normalized spacial score (nSPS) is 30.4. The summed E-state index contributed by atoms with van der Waals surface area (Å²) >= 11 is 0. The lowest BCUT2D eigenvalue weighted by atomic mass is 9.61. The molecule has 1 aliphatic rings. The minimum Gasteiger partial charge on any atom is -0.378 e. The highest BCUT2D eigenvalue weighted by Gasteiger charge is 2.50. The number of rotatable bonds is 6. The zero-order chi connectivity index (χ0) is 14.0. The summed E-state index contributed by atoms with van der Waals surface area (Å²) < 4.78 is 11.0. The van der Waals surface area contributed by atoms with Gasteiger partial charge < -0.3 is 14.6 Å². The van der Waals surface area contributed by atoms with Crippen molar-refractivity contribution >= 4 is 0 Å². The summed E-state index contributed by atoms with van der Waals surface area (Å²) in [6.07, 6.45) is 2.63. The highest BCUT2D eigenvalue weighted by molar-refractivity contribution is 5.21. The van der Waals surface area contributed by atoms with Gasteiger partial charge in [0.1, 0.15) is 5.76 Å². The van der Waals surface area contributed by atoms with Crippen LogP contribution < -0.4 is 5.32 Å². The summed E-state index contributed by atoms with van der Waals surface area (Å²) in [6, 6.07) is 0.516. The summed E-state index contributed by atoms with van der Waals surface area (Å²) in [6.45, 7) is 12.2. The minimum atomic E-state index is 0.245. The van der Waals surface area contributed by atoms with Crippen molar-refractivity contribution in [2.75, 3.05) is 6.61 Å². The molecule has 19 heavy (non-hydrogen) atoms. The number of nitrogens with one attached hydrogen (secondary N) is 1. The Bertz CT molecular complexity index is 410. The van der Waals surface area contributed by atoms with E-state index in [9.17, 15) is 0 Å². The predicted molar refractivity (Wildman–Crippen MR) is 75.0 cm³/mol. The molecule has 1 N–H and O–H groups in total. The first-order valence-corrected chi connectivity index (χ1v) is 7.29. The van der Waals surface area contributed by atoms with Crippen molar-refractivity contribution in [1.82, 2.24) is 10.5 Å². The Morgan fingerprint density at radius 2 is 2.16 bits per heavy atom. The summed E-state index contributed by atoms with van der Waals surface area (Å²) in [5.74, 6) is 0.920. The van der Waals surface area contributed by atoms with Gasteiger partial charge in [-0.3, -0.25) is 0 Å². The van der Waals surface area contributed by atoms with Crippen LogP contribution in [0.3, 0.4) is 0 Å². The predicted octanol–water partition coefficient (Wildman–Crippen LogP) is 2.97. The van der Waals surface area contributed by atoms with Gasteiger partial charge in [0, 0.05) is 30.2 Å². The Morgan fingerprint density at radius 1 is 1.42 bits per heavy atom. The number of ether oxygens (including phenoxy) is 1. The van der Waals surface area contributed by atoms with Crippen LogP contribution in [-0.4, -0.2) is 23.9 Å². The Labute approximate surface area is 115 Å². The Kier molecular flexibility index (Phi) is 4.31. The Hall–Kier alpha value is -0.870. The van der Waals surface area contributed by atoms with Crippen LogP contribution in [-0.2, 0) is 11.3 Å². The van der Waals surface area contributed by atoms with Crippen molar-refractivity contribution in [2.45, 2.75) is 66.2 Å². The molecule has 0 bridgehead atoms. The maximum absolute atomic E-state index is 5.83. The molecule has 1 aromatic heterocycles. The van der Waals surface area contributed by atoms with Crippen LogP contribution in [0.1, 0.15) is 50.6 Å². The maximum Gasteiger partial charge on any atom is 0.138 e. The van der Waals surface area contributed by atoms with Gasteiger partial charge in [-0.2, -0.15) is 0 Å². The monoisotopic (exact) mass is 266 g/mol. The van der Waals surface area contributed by atoms with E-state index in [0.717, 1.165) is 37.4 Å².